The highest BCUT2D eigenvalue weighted by Crippen LogP contribution is 2.48. The van der Waals surface area contributed by atoms with Crippen LogP contribution in [0.5, 0.6) is 0 Å². The molecule has 0 fully saturated rings. The van der Waals surface area contributed by atoms with Crippen LogP contribution in [0, 0.1) is 13.8 Å². The van der Waals surface area contributed by atoms with Gasteiger partial charge in [0, 0.05) is 43.9 Å². The van der Waals surface area contributed by atoms with E-state index in [4.69, 9.17) is 0 Å². The van der Waals surface area contributed by atoms with Gasteiger partial charge < -0.3 is 9.80 Å². The van der Waals surface area contributed by atoms with Crippen LogP contribution in [0.1, 0.15) is 90.1 Å². The van der Waals surface area contributed by atoms with Crippen molar-refractivity contribution in [3.8, 4) is 11.1 Å². The van der Waals surface area contributed by atoms with Crippen molar-refractivity contribution in [3.05, 3.63) is 222 Å². The molecule has 3 aliphatic rings. The van der Waals surface area contributed by atoms with E-state index in [0.29, 0.717) is 0 Å². The maximum Gasteiger partial charge on any atom is 0.249 e. The summed E-state index contributed by atoms with van der Waals surface area (Å²) in [6.07, 6.45) is 0. The minimum Gasteiger partial charge on any atom is -0.311 e. The molecule has 9 aromatic carbocycles. The van der Waals surface area contributed by atoms with Gasteiger partial charge in [-0.3, -0.25) is 0 Å². The largest absolute Gasteiger partial charge is 0.311 e. The van der Waals surface area contributed by atoms with Gasteiger partial charge in [0.1, 0.15) is 0 Å². The lowest BCUT2D eigenvalue weighted by molar-refractivity contribution is 0.590. The Balaban J connectivity index is 1.21. The Kier molecular flexibility index (Phi) is 11.1. The number of rotatable bonds is 6. The Morgan fingerprint density at radius 2 is 1.04 bits per heavy atom. The predicted octanol–water partition coefficient (Wildman–Crippen LogP) is 13.8. The Hall–Kier alpha value is -6.79. The molecule has 3 heterocycles. The highest BCUT2D eigenvalue weighted by molar-refractivity contribution is 8.00. The highest BCUT2D eigenvalue weighted by Gasteiger charge is 2.51. The summed E-state index contributed by atoms with van der Waals surface area (Å²) in [5.74, 6) is 0. The fraction of sp³-hybridized carbons (Fsp3) is 0.206. The second kappa shape index (κ2) is 17.2. The van der Waals surface area contributed by atoms with E-state index in [9.17, 15) is 0 Å². The van der Waals surface area contributed by atoms with Gasteiger partial charge in [-0.2, -0.15) is 0 Å². The SMILES string of the molecule is Cc1ccc(N(c2ccc(C(C)(C)C)cc2)c2cc3c4c(c2)N(c2ccc(C(C)(C)C)cc2)c2cc5c(cc2B4c2cc(C(C)(C)C)ccc2S3)-c2ccccc2[Si]5(c2ccccc2)c2ccccc2)c(C)c1. The number of aryl methyl sites for hydroxylation is 2. The Bertz CT molecular complexity index is 3580. The summed E-state index contributed by atoms with van der Waals surface area (Å²) in [5.41, 5.74) is 20.5. The smallest absolute Gasteiger partial charge is 0.249 e. The first-order chi connectivity index (χ1) is 34.9. The van der Waals surface area contributed by atoms with Gasteiger partial charge in [0.05, 0.1) is 0 Å². The van der Waals surface area contributed by atoms with Crippen molar-refractivity contribution in [1.29, 1.82) is 0 Å². The zero-order valence-corrected chi connectivity index (χ0v) is 46.2. The lowest BCUT2D eigenvalue weighted by atomic mass is 9.34. The molecule has 0 aliphatic carbocycles. The van der Waals surface area contributed by atoms with Crippen LogP contribution in [-0.4, -0.2) is 14.8 Å². The number of nitrogens with zero attached hydrogens (tertiary/aromatic N) is 2. The van der Waals surface area contributed by atoms with Crippen LogP contribution in [0.2, 0.25) is 0 Å². The van der Waals surface area contributed by atoms with E-state index in [1.807, 2.05) is 11.8 Å². The number of hydrogen-bond donors (Lipinski definition) is 0. The third kappa shape index (κ3) is 7.68. The van der Waals surface area contributed by atoms with Gasteiger partial charge in [0.2, 0.25) is 6.71 Å². The van der Waals surface area contributed by atoms with Crippen molar-refractivity contribution in [1.82, 2.24) is 0 Å². The molecule has 0 saturated heterocycles. The monoisotopic (exact) mass is 980 g/mol. The van der Waals surface area contributed by atoms with E-state index in [-0.39, 0.29) is 23.0 Å². The number of anilines is 6. The van der Waals surface area contributed by atoms with Crippen LogP contribution in [-0.2, 0) is 16.2 Å². The van der Waals surface area contributed by atoms with Gasteiger partial charge in [-0.25, -0.2) is 0 Å². The standard InChI is InChI=1S/C68H65BN2SSi/c1-44-26-36-58(45(2)38-44)70(49-32-27-46(28-33-49)66(3,4)5)51-40-60-65-62(41-51)72-61-37-31-48(68(9,10)11)39-57(61)69(65)56-42-55-54-24-18-19-25-63(54)73(52-20-14-12-15-21-52,53-22-16-13-17-23-53)64(55)43-59(56)71(60)50-34-29-47(30-35-50)67(6,7)8/h12-43H,1-11H3. The summed E-state index contributed by atoms with van der Waals surface area (Å²) >= 11 is 1.94. The van der Waals surface area contributed by atoms with Crippen LogP contribution in [0.25, 0.3) is 11.1 Å². The molecule has 0 N–H and O–H groups in total. The fourth-order valence-corrected chi connectivity index (χ4v) is 18.6. The van der Waals surface area contributed by atoms with E-state index in [1.54, 1.807) is 0 Å². The summed E-state index contributed by atoms with van der Waals surface area (Å²) in [7, 11) is -2.86. The minimum absolute atomic E-state index is 0.000841. The van der Waals surface area contributed by atoms with Crippen molar-refractivity contribution in [2.24, 2.45) is 0 Å². The number of fused-ring (bicyclic) bond motifs is 7. The Morgan fingerprint density at radius 3 is 1.66 bits per heavy atom. The molecule has 0 radical (unpaired) electrons. The molecule has 360 valence electrons. The summed E-state index contributed by atoms with van der Waals surface area (Å²) in [6, 6.07) is 75.8. The zero-order valence-electron chi connectivity index (χ0n) is 44.4. The van der Waals surface area contributed by atoms with Crippen LogP contribution in [0.4, 0.5) is 34.1 Å². The molecule has 0 aromatic heterocycles. The average molecular weight is 981 g/mol. The Morgan fingerprint density at radius 1 is 0.452 bits per heavy atom. The molecule has 12 rings (SSSR count). The molecule has 73 heavy (non-hydrogen) atoms. The van der Waals surface area contributed by atoms with Crippen molar-refractivity contribution in [3.63, 3.8) is 0 Å². The summed E-state index contributed by atoms with van der Waals surface area (Å²) in [4.78, 5) is 7.80. The zero-order chi connectivity index (χ0) is 50.8. The predicted molar refractivity (Wildman–Crippen MR) is 319 cm³/mol. The lowest BCUT2D eigenvalue weighted by Gasteiger charge is -2.42. The first-order valence-electron chi connectivity index (χ1n) is 26.2. The third-order valence-corrected chi connectivity index (χ3v) is 22.0. The van der Waals surface area contributed by atoms with E-state index in [1.165, 1.54) is 109 Å². The van der Waals surface area contributed by atoms with Gasteiger partial charge >= 0.3 is 0 Å². The lowest BCUT2D eigenvalue weighted by Crippen LogP contribution is -2.73. The topological polar surface area (TPSA) is 6.48 Å². The molecule has 0 amide bonds. The fourth-order valence-electron chi connectivity index (χ4n) is 12.2. The van der Waals surface area contributed by atoms with E-state index in [0.717, 1.165) is 11.4 Å². The van der Waals surface area contributed by atoms with Gasteiger partial charge in [0.15, 0.2) is 8.07 Å². The molecule has 0 spiro atoms. The molecule has 2 nitrogen and oxygen atoms in total. The van der Waals surface area contributed by atoms with Gasteiger partial charge in [-0.1, -0.05) is 225 Å². The summed E-state index contributed by atoms with van der Waals surface area (Å²) in [5, 5.41) is 5.73. The molecule has 0 atom stereocenters. The van der Waals surface area contributed by atoms with Gasteiger partial charge in [0.25, 0.3) is 0 Å². The molecule has 0 unspecified atom stereocenters. The number of benzene rings is 9. The van der Waals surface area contributed by atoms with Gasteiger partial charge in [-0.05, 0) is 150 Å². The van der Waals surface area contributed by atoms with E-state index < -0.39 is 8.07 Å². The quantitative estimate of drug-likeness (QED) is 0.153. The first kappa shape index (κ1) is 47.2. The Labute approximate surface area is 440 Å². The first-order valence-corrected chi connectivity index (χ1v) is 29.0. The highest BCUT2D eigenvalue weighted by atomic mass is 32.2. The number of hydrogen-bond acceptors (Lipinski definition) is 3. The van der Waals surface area contributed by atoms with E-state index in [2.05, 4.69) is 280 Å². The van der Waals surface area contributed by atoms with Crippen LogP contribution in [0.3, 0.4) is 0 Å². The summed E-state index contributed by atoms with van der Waals surface area (Å²) < 4.78 is 0. The molecule has 3 aliphatic heterocycles. The minimum atomic E-state index is -2.86. The molecule has 0 saturated carbocycles. The van der Waals surface area contributed by atoms with Crippen molar-refractivity contribution in [2.45, 2.75) is 102 Å². The molecule has 0 bridgehead atoms. The van der Waals surface area contributed by atoms with Crippen molar-refractivity contribution < 1.29 is 0 Å². The summed E-state index contributed by atoms with van der Waals surface area (Å²) in [6.45, 7) is 25.4. The molecular formula is C68H65BN2SSi. The average Bonchev–Trinajstić information content (AvgIpc) is 3.66. The second-order valence-corrected chi connectivity index (χ2v) is 28.8. The third-order valence-electron chi connectivity index (χ3n) is 16.0. The van der Waals surface area contributed by atoms with Crippen LogP contribution >= 0.6 is 11.8 Å². The molecule has 9 aromatic rings. The normalized spacial score (nSPS) is 14.2. The molecule has 5 heteroatoms. The van der Waals surface area contributed by atoms with Crippen LogP contribution in [0.15, 0.2) is 204 Å². The maximum atomic E-state index is 2.67. The van der Waals surface area contributed by atoms with Crippen molar-refractivity contribution >= 4 is 97.8 Å². The van der Waals surface area contributed by atoms with Crippen molar-refractivity contribution in [2.75, 3.05) is 9.80 Å². The molecular weight excluding hydrogens is 916 g/mol. The second-order valence-electron chi connectivity index (χ2n) is 24.0. The van der Waals surface area contributed by atoms with E-state index >= 15 is 0 Å². The van der Waals surface area contributed by atoms with Gasteiger partial charge in [-0.15, -0.1) is 0 Å². The van der Waals surface area contributed by atoms with Crippen LogP contribution < -0.4 is 46.9 Å². The maximum absolute atomic E-state index is 2.86.